The van der Waals surface area contributed by atoms with E-state index in [1.807, 2.05) is 10.9 Å². The molecule has 0 aliphatic carbocycles. The Morgan fingerprint density at radius 3 is 2.88 bits per heavy atom. The van der Waals surface area contributed by atoms with Crippen molar-refractivity contribution in [1.29, 1.82) is 0 Å². The van der Waals surface area contributed by atoms with Crippen molar-refractivity contribution < 1.29 is 8.78 Å². The SMILES string of the molecule is C=NN(/C(=N\N)c1cc(-c2cnn(C[C@@H]3CCCN3)c2)cnc1N)c1cccc(F)c1F. The molecular formula is C21H23F2N9. The van der Waals surface area contributed by atoms with Crippen LogP contribution in [0.25, 0.3) is 11.1 Å². The summed E-state index contributed by atoms with van der Waals surface area (Å²) in [6.45, 7) is 5.22. The summed E-state index contributed by atoms with van der Waals surface area (Å²) in [6.07, 6.45) is 7.49. The van der Waals surface area contributed by atoms with Gasteiger partial charge >= 0.3 is 0 Å². The molecule has 0 bridgehead atoms. The molecule has 0 unspecified atom stereocenters. The second-order valence-corrected chi connectivity index (χ2v) is 7.38. The van der Waals surface area contributed by atoms with E-state index >= 15 is 0 Å². The van der Waals surface area contributed by atoms with Crippen LogP contribution in [0.3, 0.4) is 0 Å². The van der Waals surface area contributed by atoms with Crippen molar-refractivity contribution in [3.63, 3.8) is 0 Å². The Bertz CT molecular complexity index is 1150. The van der Waals surface area contributed by atoms with Crippen molar-refractivity contribution in [2.75, 3.05) is 17.3 Å². The van der Waals surface area contributed by atoms with Gasteiger partial charge in [0.05, 0.1) is 18.3 Å². The van der Waals surface area contributed by atoms with E-state index in [0.29, 0.717) is 11.6 Å². The molecule has 4 rings (SSSR count). The lowest BCUT2D eigenvalue weighted by molar-refractivity contribution is 0.476. The summed E-state index contributed by atoms with van der Waals surface area (Å²) in [5, 5.41) is 16.3. The molecule has 1 aliphatic rings. The van der Waals surface area contributed by atoms with Crippen molar-refractivity contribution in [2.45, 2.75) is 25.4 Å². The summed E-state index contributed by atoms with van der Waals surface area (Å²) in [5.74, 6) is 3.48. The average molecular weight is 439 g/mol. The Labute approximate surface area is 183 Å². The van der Waals surface area contributed by atoms with Crippen LogP contribution in [-0.2, 0) is 6.54 Å². The number of anilines is 2. The third kappa shape index (κ3) is 4.14. The van der Waals surface area contributed by atoms with Crippen molar-refractivity contribution in [3.8, 4) is 11.1 Å². The van der Waals surface area contributed by atoms with E-state index in [1.54, 1.807) is 18.5 Å². The van der Waals surface area contributed by atoms with E-state index in [0.717, 1.165) is 42.6 Å². The van der Waals surface area contributed by atoms with E-state index < -0.39 is 11.6 Å². The number of benzene rings is 1. The Hall–Kier alpha value is -3.86. The summed E-state index contributed by atoms with van der Waals surface area (Å²) in [7, 11) is 0. The van der Waals surface area contributed by atoms with Crippen LogP contribution >= 0.6 is 0 Å². The topological polar surface area (TPSA) is 123 Å². The molecule has 0 saturated carbocycles. The highest BCUT2D eigenvalue weighted by atomic mass is 19.2. The Morgan fingerprint density at radius 1 is 1.31 bits per heavy atom. The molecule has 9 nitrogen and oxygen atoms in total. The van der Waals surface area contributed by atoms with Gasteiger partial charge in [0, 0.05) is 36.3 Å². The van der Waals surface area contributed by atoms with Crippen LogP contribution in [-0.4, -0.2) is 39.9 Å². The molecule has 5 N–H and O–H groups in total. The Kier molecular flexibility index (Phi) is 6.08. The summed E-state index contributed by atoms with van der Waals surface area (Å²) < 4.78 is 30.0. The van der Waals surface area contributed by atoms with Gasteiger partial charge in [0.1, 0.15) is 11.5 Å². The smallest absolute Gasteiger partial charge is 0.184 e. The third-order valence-corrected chi connectivity index (χ3v) is 5.32. The first kappa shape index (κ1) is 21.4. The maximum absolute atomic E-state index is 14.4. The highest BCUT2D eigenvalue weighted by Crippen LogP contribution is 2.27. The molecule has 0 amide bonds. The number of amidine groups is 1. The van der Waals surface area contributed by atoms with Crippen molar-refractivity contribution in [1.82, 2.24) is 20.1 Å². The van der Waals surface area contributed by atoms with Gasteiger partial charge in [-0.1, -0.05) is 6.07 Å². The minimum Gasteiger partial charge on any atom is -0.383 e. The molecule has 1 fully saturated rings. The van der Waals surface area contributed by atoms with Crippen molar-refractivity contribution in [2.24, 2.45) is 16.0 Å². The molecule has 0 radical (unpaired) electrons. The molecule has 0 spiro atoms. The molecule has 11 heteroatoms. The number of hydrogen-bond acceptors (Lipinski definition) is 7. The number of rotatable bonds is 6. The van der Waals surface area contributed by atoms with Crippen molar-refractivity contribution in [3.05, 3.63) is 60.1 Å². The number of nitrogens with two attached hydrogens (primary N) is 2. The Balaban J connectivity index is 1.67. The zero-order valence-electron chi connectivity index (χ0n) is 17.2. The van der Waals surface area contributed by atoms with E-state index in [1.165, 1.54) is 12.1 Å². The molecule has 3 aromatic rings. The number of hydrazone groups is 2. The fourth-order valence-electron chi connectivity index (χ4n) is 3.71. The van der Waals surface area contributed by atoms with Gasteiger partial charge in [0.15, 0.2) is 17.5 Å². The predicted molar refractivity (Wildman–Crippen MR) is 120 cm³/mol. The van der Waals surface area contributed by atoms with E-state index in [2.05, 4.69) is 32.3 Å². The number of nitrogens with zero attached hydrogens (tertiary/aromatic N) is 6. The van der Waals surface area contributed by atoms with Gasteiger partial charge in [0.25, 0.3) is 0 Å². The van der Waals surface area contributed by atoms with Crippen LogP contribution in [0.2, 0.25) is 0 Å². The molecule has 3 heterocycles. The zero-order chi connectivity index (χ0) is 22.7. The first-order chi connectivity index (χ1) is 15.5. The number of pyridine rings is 1. The van der Waals surface area contributed by atoms with Gasteiger partial charge in [-0.05, 0) is 37.6 Å². The number of hydrogen-bond donors (Lipinski definition) is 3. The molecule has 1 aliphatic heterocycles. The minimum atomic E-state index is -1.12. The van der Waals surface area contributed by atoms with E-state index in [9.17, 15) is 8.78 Å². The summed E-state index contributed by atoms with van der Waals surface area (Å²) in [4.78, 5) is 4.22. The van der Waals surface area contributed by atoms with Gasteiger partial charge in [0.2, 0.25) is 0 Å². The molecule has 1 aromatic carbocycles. The minimum absolute atomic E-state index is 0.0427. The van der Waals surface area contributed by atoms with Gasteiger partial charge in [-0.25, -0.2) is 18.8 Å². The summed E-state index contributed by atoms with van der Waals surface area (Å²) in [6, 6.07) is 5.75. The molecule has 32 heavy (non-hydrogen) atoms. The van der Waals surface area contributed by atoms with Crippen LogP contribution in [0.15, 0.2) is 53.1 Å². The Morgan fingerprint density at radius 2 is 2.16 bits per heavy atom. The van der Waals surface area contributed by atoms with Crippen molar-refractivity contribution >= 4 is 24.1 Å². The lowest BCUT2D eigenvalue weighted by Crippen LogP contribution is -2.29. The van der Waals surface area contributed by atoms with Gasteiger partial charge in [-0.2, -0.15) is 15.3 Å². The quantitative estimate of drug-likeness (QED) is 0.234. The number of halogens is 2. The normalized spacial score (nSPS) is 16.3. The number of aromatic nitrogens is 3. The van der Waals surface area contributed by atoms with Gasteiger partial charge in [-0.3, -0.25) is 4.68 Å². The summed E-state index contributed by atoms with van der Waals surface area (Å²) in [5.41, 5.74) is 7.64. The third-order valence-electron chi connectivity index (χ3n) is 5.32. The summed E-state index contributed by atoms with van der Waals surface area (Å²) >= 11 is 0. The molecular weight excluding hydrogens is 416 g/mol. The van der Waals surface area contributed by atoms with Gasteiger partial charge in [-0.15, -0.1) is 0 Å². The zero-order valence-corrected chi connectivity index (χ0v) is 17.2. The first-order valence-corrected chi connectivity index (χ1v) is 10.0. The lowest BCUT2D eigenvalue weighted by Gasteiger charge is -2.21. The van der Waals surface area contributed by atoms with E-state index in [-0.39, 0.29) is 22.9 Å². The second-order valence-electron chi connectivity index (χ2n) is 7.38. The molecule has 1 atom stereocenters. The van der Waals surface area contributed by atoms with Crippen LogP contribution in [0.5, 0.6) is 0 Å². The molecule has 1 saturated heterocycles. The predicted octanol–water partition coefficient (Wildman–Crippen LogP) is 2.30. The standard InChI is InChI=1S/C21H23F2N9/c1-26-32(18-6-2-5-17(22)19(18)23)21(30-25)16-8-13(9-28-20(16)24)14-10-29-31(11-14)12-15-4-3-7-27-15/h2,5-6,8-11,15,27H,1,3-4,7,12,25H2,(H2,24,28)/b30-21-/t15-/m0/s1. The average Bonchev–Trinajstić information content (AvgIpc) is 3.48. The van der Waals surface area contributed by atoms with Crippen LogP contribution in [0.4, 0.5) is 20.3 Å². The first-order valence-electron chi connectivity index (χ1n) is 10.0. The number of nitrogens with one attached hydrogen (secondary N) is 1. The largest absolute Gasteiger partial charge is 0.383 e. The highest BCUT2D eigenvalue weighted by molar-refractivity contribution is 6.12. The highest BCUT2D eigenvalue weighted by Gasteiger charge is 2.23. The van der Waals surface area contributed by atoms with E-state index in [4.69, 9.17) is 11.6 Å². The molecule has 2 aromatic heterocycles. The maximum Gasteiger partial charge on any atom is 0.184 e. The second kappa shape index (κ2) is 9.10. The van der Waals surface area contributed by atoms with Crippen LogP contribution < -0.4 is 21.9 Å². The fraction of sp³-hybridized carbons (Fsp3) is 0.238. The lowest BCUT2D eigenvalue weighted by atomic mass is 10.1. The fourth-order valence-corrected chi connectivity index (χ4v) is 3.71. The maximum atomic E-state index is 14.4. The van der Waals surface area contributed by atoms with Crippen LogP contribution in [0, 0.1) is 11.6 Å². The van der Waals surface area contributed by atoms with Crippen LogP contribution in [0.1, 0.15) is 18.4 Å². The van der Waals surface area contributed by atoms with Gasteiger partial charge < -0.3 is 16.9 Å². The monoisotopic (exact) mass is 439 g/mol. The number of nitrogen functional groups attached to an aromatic ring is 1. The molecule has 166 valence electrons.